The summed E-state index contributed by atoms with van der Waals surface area (Å²) in [7, 11) is -3.87. The molecule has 0 fully saturated rings. The standard InChI is InChI=1S/C25H22F3N7O4S/c1-15-13-18(33-24(36)32-16-5-8-19(9-6-16)39-25(26,27)28)7-10-21(15)34-22-11-12-30-23(35-22)31-17-3-2-4-20(14-17)40(29,37)38/h2-14H,1H3,(H2,29,37,38)(H2,32,33,36)(H2,30,31,34,35). The number of urea groups is 1. The zero-order valence-corrected chi connectivity index (χ0v) is 21.5. The Morgan fingerprint density at radius 3 is 2.27 bits per heavy atom. The van der Waals surface area contributed by atoms with Crippen LogP contribution in [0.25, 0.3) is 0 Å². The number of aryl methyl sites for hydroxylation is 1. The van der Waals surface area contributed by atoms with Gasteiger partial charge in [0.05, 0.1) is 4.90 Å². The third kappa shape index (κ3) is 8.05. The van der Waals surface area contributed by atoms with E-state index in [0.717, 1.165) is 17.7 Å². The van der Waals surface area contributed by atoms with E-state index in [1.54, 1.807) is 30.3 Å². The lowest BCUT2D eigenvalue weighted by molar-refractivity contribution is -0.274. The van der Waals surface area contributed by atoms with Gasteiger partial charge in [0.25, 0.3) is 0 Å². The smallest absolute Gasteiger partial charge is 0.406 e. The molecule has 4 rings (SSSR count). The van der Waals surface area contributed by atoms with Crippen molar-refractivity contribution in [3.05, 3.63) is 84.6 Å². The van der Waals surface area contributed by atoms with Gasteiger partial charge >= 0.3 is 12.4 Å². The van der Waals surface area contributed by atoms with Gasteiger partial charge in [0, 0.05) is 28.9 Å². The average molecular weight is 574 g/mol. The molecule has 11 nitrogen and oxygen atoms in total. The van der Waals surface area contributed by atoms with Gasteiger partial charge in [-0.2, -0.15) is 4.98 Å². The first-order valence-electron chi connectivity index (χ1n) is 11.4. The van der Waals surface area contributed by atoms with Gasteiger partial charge in [-0.3, -0.25) is 0 Å². The maximum atomic E-state index is 12.3. The van der Waals surface area contributed by atoms with Crippen molar-refractivity contribution in [2.45, 2.75) is 18.2 Å². The fraction of sp³-hybridized carbons (Fsp3) is 0.0800. The number of halogens is 3. The second-order valence-corrected chi connectivity index (χ2v) is 9.83. The minimum atomic E-state index is -4.80. The molecule has 0 saturated heterocycles. The molecule has 2 amide bonds. The Balaban J connectivity index is 1.37. The van der Waals surface area contributed by atoms with Crippen molar-refractivity contribution in [1.82, 2.24) is 9.97 Å². The lowest BCUT2D eigenvalue weighted by atomic mass is 10.1. The summed E-state index contributed by atoms with van der Waals surface area (Å²) in [5.41, 5.74) is 2.62. The largest absolute Gasteiger partial charge is 0.573 e. The highest BCUT2D eigenvalue weighted by atomic mass is 32.2. The molecule has 4 aromatic rings. The Bertz CT molecular complexity index is 1630. The van der Waals surface area contributed by atoms with Gasteiger partial charge in [0.1, 0.15) is 11.6 Å². The lowest BCUT2D eigenvalue weighted by Gasteiger charge is -2.13. The molecule has 0 atom stereocenters. The molecule has 1 aromatic heterocycles. The summed E-state index contributed by atoms with van der Waals surface area (Å²) in [6.07, 6.45) is -3.29. The summed E-state index contributed by atoms with van der Waals surface area (Å²) in [6, 6.07) is 16.8. The fourth-order valence-electron chi connectivity index (χ4n) is 3.42. The summed E-state index contributed by atoms with van der Waals surface area (Å²) in [5.74, 6) is 0.252. The first-order chi connectivity index (χ1) is 18.8. The fourth-order valence-corrected chi connectivity index (χ4v) is 3.98. The molecular formula is C25H22F3N7O4S. The van der Waals surface area contributed by atoms with Crippen LogP contribution in [-0.4, -0.2) is 30.8 Å². The van der Waals surface area contributed by atoms with E-state index >= 15 is 0 Å². The number of amides is 2. The van der Waals surface area contributed by atoms with Crippen LogP contribution in [0.3, 0.4) is 0 Å². The topological polar surface area (TPSA) is 160 Å². The molecule has 0 aliphatic carbocycles. The Kier molecular flexibility index (Phi) is 8.06. The van der Waals surface area contributed by atoms with Gasteiger partial charge in [-0.05, 0) is 79.2 Å². The molecule has 0 saturated carbocycles. The van der Waals surface area contributed by atoms with Gasteiger partial charge in [0.2, 0.25) is 16.0 Å². The van der Waals surface area contributed by atoms with Crippen LogP contribution in [0.1, 0.15) is 5.56 Å². The van der Waals surface area contributed by atoms with E-state index in [0.29, 0.717) is 22.9 Å². The normalized spacial score (nSPS) is 11.4. The summed E-state index contributed by atoms with van der Waals surface area (Å²) < 4.78 is 63.8. The highest BCUT2D eigenvalue weighted by Crippen LogP contribution is 2.26. The number of nitrogens with zero attached hydrogens (tertiary/aromatic N) is 2. The number of alkyl halides is 3. The second kappa shape index (κ2) is 11.5. The zero-order chi connectivity index (χ0) is 28.9. The quantitative estimate of drug-likeness (QED) is 0.186. The number of hydrogen-bond donors (Lipinski definition) is 5. The van der Waals surface area contributed by atoms with E-state index in [9.17, 15) is 26.4 Å². The highest BCUT2D eigenvalue weighted by Gasteiger charge is 2.31. The number of primary sulfonamides is 1. The van der Waals surface area contributed by atoms with E-state index < -0.39 is 28.2 Å². The minimum Gasteiger partial charge on any atom is -0.406 e. The number of carbonyl (C=O) groups excluding carboxylic acids is 1. The van der Waals surface area contributed by atoms with E-state index in [1.807, 2.05) is 6.92 Å². The molecular weight excluding hydrogens is 551 g/mol. The summed E-state index contributed by atoms with van der Waals surface area (Å²) in [6.45, 7) is 1.81. The van der Waals surface area contributed by atoms with Crippen molar-refractivity contribution in [2.75, 3.05) is 21.3 Å². The molecule has 0 unspecified atom stereocenters. The summed E-state index contributed by atoms with van der Waals surface area (Å²) >= 11 is 0. The number of hydrogen-bond acceptors (Lipinski definition) is 8. The molecule has 0 radical (unpaired) electrons. The Hall–Kier alpha value is -4.89. The minimum absolute atomic E-state index is 0.0572. The molecule has 208 valence electrons. The monoisotopic (exact) mass is 573 g/mol. The SMILES string of the molecule is Cc1cc(NC(=O)Nc2ccc(OC(F)(F)F)cc2)ccc1Nc1ccnc(Nc2cccc(S(N)(=O)=O)c2)n1. The van der Waals surface area contributed by atoms with Gasteiger partial charge in [-0.25, -0.2) is 23.3 Å². The van der Waals surface area contributed by atoms with Crippen molar-refractivity contribution in [3.8, 4) is 5.75 Å². The number of carbonyl (C=O) groups is 1. The van der Waals surface area contributed by atoms with E-state index in [2.05, 4.69) is 36.0 Å². The molecule has 6 N–H and O–H groups in total. The number of sulfonamides is 1. The number of nitrogens with two attached hydrogens (primary N) is 1. The van der Waals surface area contributed by atoms with Crippen molar-refractivity contribution in [3.63, 3.8) is 0 Å². The predicted molar refractivity (Wildman–Crippen MR) is 143 cm³/mol. The maximum absolute atomic E-state index is 12.3. The molecule has 0 aliphatic heterocycles. The predicted octanol–water partition coefficient (Wildman–Crippen LogP) is 5.46. The van der Waals surface area contributed by atoms with Crippen LogP contribution >= 0.6 is 0 Å². The molecule has 0 aliphatic rings. The van der Waals surface area contributed by atoms with Gasteiger partial charge in [-0.1, -0.05) is 6.07 Å². The zero-order valence-electron chi connectivity index (χ0n) is 20.7. The van der Waals surface area contributed by atoms with Crippen molar-refractivity contribution < 1.29 is 31.1 Å². The van der Waals surface area contributed by atoms with Crippen LogP contribution < -0.4 is 31.1 Å². The van der Waals surface area contributed by atoms with Gasteiger partial charge in [0.15, 0.2) is 0 Å². The molecule has 15 heteroatoms. The first-order valence-corrected chi connectivity index (χ1v) is 12.9. The maximum Gasteiger partial charge on any atom is 0.573 e. The third-order valence-electron chi connectivity index (χ3n) is 5.17. The highest BCUT2D eigenvalue weighted by molar-refractivity contribution is 7.89. The second-order valence-electron chi connectivity index (χ2n) is 8.27. The van der Waals surface area contributed by atoms with Gasteiger partial charge < -0.3 is 26.0 Å². The number of nitrogens with one attached hydrogen (secondary N) is 4. The van der Waals surface area contributed by atoms with E-state index in [1.165, 1.54) is 36.5 Å². The number of benzene rings is 3. The van der Waals surface area contributed by atoms with Gasteiger partial charge in [-0.15, -0.1) is 13.2 Å². The lowest BCUT2D eigenvalue weighted by Crippen LogP contribution is -2.20. The van der Waals surface area contributed by atoms with Crippen molar-refractivity contribution in [2.24, 2.45) is 5.14 Å². The van der Waals surface area contributed by atoms with E-state index in [4.69, 9.17) is 5.14 Å². The number of aromatic nitrogens is 2. The van der Waals surface area contributed by atoms with Crippen molar-refractivity contribution in [1.29, 1.82) is 0 Å². The third-order valence-corrected chi connectivity index (χ3v) is 6.08. The van der Waals surface area contributed by atoms with Crippen LogP contribution in [-0.2, 0) is 10.0 Å². The van der Waals surface area contributed by atoms with Crippen LogP contribution in [0.2, 0.25) is 0 Å². The summed E-state index contributed by atoms with van der Waals surface area (Å²) in [5, 5.41) is 16.4. The number of ether oxygens (including phenoxy) is 1. The molecule has 1 heterocycles. The Morgan fingerprint density at radius 1 is 0.900 bits per heavy atom. The molecule has 0 bridgehead atoms. The summed E-state index contributed by atoms with van der Waals surface area (Å²) in [4.78, 5) is 20.8. The number of anilines is 6. The van der Waals surface area contributed by atoms with E-state index in [-0.39, 0.29) is 16.5 Å². The molecule has 3 aromatic carbocycles. The van der Waals surface area contributed by atoms with Crippen LogP contribution in [0.5, 0.6) is 5.75 Å². The number of rotatable bonds is 8. The first kappa shape index (κ1) is 28.1. The van der Waals surface area contributed by atoms with Crippen LogP contribution in [0, 0.1) is 6.92 Å². The van der Waals surface area contributed by atoms with Crippen molar-refractivity contribution >= 4 is 50.6 Å². The molecule has 40 heavy (non-hydrogen) atoms. The molecule has 0 spiro atoms. The van der Waals surface area contributed by atoms with Crippen LogP contribution in [0.4, 0.5) is 52.5 Å². The Labute approximate surface area is 226 Å². The van der Waals surface area contributed by atoms with Crippen LogP contribution in [0.15, 0.2) is 83.9 Å². The Morgan fingerprint density at radius 2 is 1.60 bits per heavy atom. The average Bonchev–Trinajstić information content (AvgIpc) is 2.86.